The van der Waals surface area contributed by atoms with Gasteiger partial charge in [0.2, 0.25) is 0 Å². The van der Waals surface area contributed by atoms with E-state index in [1.165, 1.54) is 0 Å². The molecule has 14 heavy (non-hydrogen) atoms. The molecule has 0 aliphatic carbocycles. The number of hydrogen-bond donors (Lipinski definition) is 1. The molecule has 0 spiro atoms. The number of aldehydes is 1. The van der Waals surface area contributed by atoms with Gasteiger partial charge in [0.1, 0.15) is 11.8 Å². The summed E-state index contributed by atoms with van der Waals surface area (Å²) >= 11 is 0. The van der Waals surface area contributed by atoms with Crippen LogP contribution in [-0.4, -0.2) is 11.3 Å². The van der Waals surface area contributed by atoms with Gasteiger partial charge in [0, 0.05) is 6.20 Å². The number of nitriles is 1. The molecule has 0 unspecified atom stereocenters. The fourth-order valence-electron chi connectivity index (χ4n) is 0.945. The molecule has 0 atom stereocenters. The Kier molecular flexibility index (Phi) is 2.72. The molecule has 4 nitrogen and oxygen atoms in total. The lowest BCUT2D eigenvalue weighted by Gasteiger charge is -2.05. The van der Waals surface area contributed by atoms with E-state index in [0.29, 0.717) is 6.29 Å². The van der Waals surface area contributed by atoms with Crippen molar-refractivity contribution in [1.82, 2.24) is 4.98 Å². The zero-order chi connectivity index (χ0) is 10.7. The molecule has 0 amide bonds. The lowest BCUT2D eigenvalue weighted by molar-refractivity contribution is 0.112. The van der Waals surface area contributed by atoms with Crippen LogP contribution < -0.4 is 5.73 Å². The van der Waals surface area contributed by atoms with Crippen LogP contribution in [0, 0.1) is 11.3 Å². The van der Waals surface area contributed by atoms with E-state index in [4.69, 9.17) is 11.0 Å². The number of nitrogens with two attached hydrogens (primary N) is 1. The van der Waals surface area contributed by atoms with Gasteiger partial charge in [-0.15, -0.1) is 0 Å². The van der Waals surface area contributed by atoms with Gasteiger partial charge in [0.25, 0.3) is 6.43 Å². The summed E-state index contributed by atoms with van der Waals surface area (Å²) in [7, 11) is 0. The first-order valence-electron chi connectivity index (χ1n) is 3.53. The van der Waals surface area contributed by atoms with Crippen LogP contribution in [0.1, 0.15) is 28.0 Å². The quantitative estimate of drug-likeness (QED) is 0.724. The molecule has 0 aromatic carbocycles. The summed E-state index contributed by atoms with van der Waals surface area (Å²) in [6.45, 7) is 0. The Morgan fingerprint density at radius 3 is 2.71 bits per heavy atom. The SMILES string of the molecule is N#Cc1c(C=O)cnc(C(F)F)c1N. The number of nitrogen functional groups attached to an aromatic ring is 1. The van der Waals surface area contributed by atoms with Gasteiger partial charge in [-0.25, -0.2) is 8.78 Å². The van der Waals surface area contributed by atoms with Crippen molar-refractivity contribution in [2.24, 2.45) is 0 Å². The minimum atomic E-state index is -2.86. The van der Waals surface area contributed by atoms with E-state index >= 15 is 0 Å². The number of pyridine rings is 1. The smallest absolute Gasteiger partial charge is 0.282 e. The summed E-state index contributed by atoms with van der Waals surface area (Å²) in [6, 6.07) is 1.58. The number of anilines is 1. The van der Waals surface area contributed by atoms with E-state index in [1.807, 2.05) is 0 Å². The van der Waals surface area contributed by atoms with Gasteiger partial charge < -0.3 is 5.73 Å². The molecule has 72 valence electrons. The minimum absolute atomic E-state index is 0.0885. The van der Waals surface area contributed by atoms with Crippen molar-refractivity contribution in [3.05, 3.63) is 23.0 Å². The summed E-state index contributed by atoms with van der Waals surface area (Å²) in [4.78, 5) is 13.7. The Morgan fingerprint density at radius 2 is 2.29 bits per heavy atom. The highest BCUT2D eigenvalue weighted by Crippen LogP contribution is 2.26. The highest BCUT2D eigenvalue weighted by Gasteiger charge is 2.18. The van der Waals surface area contributed by atoms with Crippen LogP contribution in [0.5, 0.6) is 0 Å². The average molecular weight is 197 g/mol. The number of aromatic nitrogens is 1. The lowest BCUT2D eigenvalue weighted by Crippen LogP contribution is -2.04. The highest BCUT2D eigenvalue weighted by molar-refractivity contribution is 5.82. The number of carbonyl (C=O) groups is 1. The molecule has 0 radical (unpaired) electrons. The Morgan fingerprint density at radius 1 is 1.64 bits per heavy atom. The van der Waals surface area contributed by atoms with Crippen LogP contribution in [0.2, 0.25) is 0 Å². The Hall–Kier alpha value is -2.03. The van der Waals surface area contributed by atoms with Crippen LogP contribution in [-0.2, 0) is 0 Å². The van der Waals surface area contributed by atoms with Crippen molar-refractivity contribution in [3.63, 3.8) is 0 Å². The van der Waals surface area contributed by atoms with Crippen LogP contribution in [0.15, 0.2) is 6.20 Å². The summed E-state index contributed by atoms with van der Waals surface area (Å²) in [5.74, 6) is 0. The molecule has 0 aliphatic heterocycles. The molecular weight excluding hydrogens is 192 g/mol. The van der Waals surface area contributed by atoms with Gasteiger partial charge >= 0.3 is 0 Å². The van der Waals surface area contributed by atoms with Crippen molar-refractivity contribution in [3.8, 4) is 6.07 Å². The summed E-state index contributed by atoms with van der Waals surface area (Å²) in [5.41, 5.74) is 3.79. The molecule has 0 fully saturated rings. The predicted molar refractivity (Wildman–Crippen MR) is 43.7 cm³/mol. The monoisotopic (exact) mass is 197 g/mol. The van der Waals surface area contributed by atoms with E-state index in [9.17, 15) is 13.6 Å². The maximum Gasteiger partial charge on any atom is 0.282 e. The topological polar surface area (TPSA) is 79.8 Å². The number of alkyl halides is 2. The molecule has 1 heterocycles. The number of rotatable bonds is 2. The normalized spacial score (nSPS) is 9.86. The van der Waals surface area contributed by atoms with Crippen molar-refractivity contribution < 1.29 is 13.6 Å². The first kappa shape index (κ1) is 10.1. The third-order valence-electron chi connectivity index (χ3n) is 1.62. The number of halogens is 2. The molecule has 0 saturated carbocycles. The maximum absolute atomic E-state index is 12.2. The fraction of sp³-hybridized carbons (Fsp3) is 0.125. The molecule has 1 aromatic heterocycles. The molecule has 1 rings (SSSR count). The van der Waals surface area contributed by atoms with E-state index in [-0.39, 0.29) is 11.1 Å². The largest absolute Gasteiger partial charge is 0.396 e. The summed E-state index contributed by atoms with van der Waals surface area (Å²) in [5, 5.41) is 8.58. The van der Waals surface area contributed by atoms with Crippen LogP contribution in [0.3, 0.4) is 0 Å². The fourth-order valence-corrected chi connectivity index (χ4v) is 0.945. The van der Waals surface area contributed by atoms with E-state index < -0.39 is 17.8 Å². The van der Waals surface area contributed by atoms with Crippen LogP contribution in [0.25, 0.3) is 0 Å². The number of nitrogens with zero attached hydrogens (tertiary/aromatic N) is 2. The van der Waals surface area contributed by atoms with Crippen LogP contribution in [0.4, 0.5) is 14.5 Å². The van der Waals surface area contributed by atoms with Gasteiger partial charge in [0.05, 0.1) is 16.8 Å². The van der Waals surface area contributed by atoms with Crippen molar-refractivity contribution in [1.29, 1.82) is 5.26 Å². The standard InChI is InChI=1S/C8H5F2N3O/c9-8(10)7-6(12)5(1-11)4(3-14)2-13-7/h2-3,8H,12H2. The molecule has 0 bridgehead atoms. The molecular formula is C8H5F2N3O. The molecule has 1 aromatic rings. The Labute approximate surface area is 78.0 Å². The molecule has 6 heteroatoms. The van der Waals surface area contributed by atoms with Gasteiger partial charge in [-0.3, -0.25) is 9.78 Å². The van der Waals surface area contributed by atoms with Gasteiger partial charge in [-0.1, -0.05) is 0 Å². The van der Waals surface area contributed by atoms with E-state index in [0.717, 1.165) is 6.20 Å². The number of carbonyl (C=O) groups excluding carboxylic acids is 1. The molecule has 0 saturated heterocycles. The third-order valence-corrected chi connectivity index (χ3v) is 1.62. The predicted octanol–water partition coefficient (Wildman–Crippen LogP) is 1.29. The van der Waals surface area contributed by atoms with Crippen molar-refractivity contribution in [2.45, 2.75) is 6.43 Å². The van der Waals surface area contributed by atoms with Crippen LogP contribution >= 0.6 is 0 Å². The lowest BCUT2D eigenvalue weighted by atomic mass is 10.1. The molecule has 0 aliphatic rings. The second-order valence-electron chi connectivity index (χ2n) is 2.42. The zero-order valence-electron chi connectivity index (χ0n) is 6.87. The minimum Gasteiger partial charge on any atom is -0.396 e. The van der Waals surface area contributed by atoms with E-state index in [1.54, 1.807) is 6.07 Å². The first-order valence-corrected chi connectivity index (χ1v) is 3.53. The van der Waals surface area contributed by atoms with Crippen molar-refractivity contribution in [2.75, 3.05) is 5.73 Å². The first-order chi connectivity index (χ1) is 6.61. The maximum atomic E-state index is 12.2. The number of hydrogen-bond acceptors (Lipinski definition) is 4. The zero-order valence-corrected chi connectivity index (χ0v) is 6.87. The third kappa shape index (κ3) is 1.52. The molecule has 2 N–H and O–H groups in total. The van der Waals surface area contributed by atoms with E-state index in [2.05, 4.69) is 4.98 Å². The van der Waals surface area contributed by atoms with Gasteiger partial charge in [-0.2, -0.15) is 5.26 Å². The van der Waals surface area contributed by atoms with Gasteiger partial charge in [-0.05, 0) is 0 Å². The second-order valence-corrected chi connectivity index (χ2v) is 2.42. The summed E-state index contributed by atoms with van der Waals surface area (Å²) in [6.07, 6.45) is -1.61. The highest BCUT2D eigenvalue weighted by atomic mass is 19.3. The van der Waals surface area contributed by atoms with Gasteiger partial charge in [0.15, 0.2) is 6.29 Å². The Bertz CT molecular complexity index is 412. The van der Waals surface area contributed by atoms with Crippen molar-refractivity contribution >= 4 is 12.0 Å². The second kappa shape index (κ2) is 3.79. The Balaban J connectivity index is 3.44. The summed E-state index contributed by atoms with van der Waals surface area (Å²) < 4.78 is 24.5. The average Bonchev–Trinajstić information content (AvgIpc) is 2.16.